The number of para-hydroxylation sites is 2. The average Bonchev–Trinajstić information content (AvgIpc) is 2.77. The Bertz CT molecular complexity index is 765. The van der Waals surface area contributed by atoms with Crippen LogP contribution < -0.4 is 4.57 Å². The fourth-order valence-electron chi connectivity index (χ4n) is 2.07. The zero-order valence-electron chi connectivity index (χ0n) is 9.91. The molecular weight excluding hydrogens is 224 g/mol. The average molecular weight is 235 g/mol. The maximum absolute atomic E-state index is 8.94. The molecule has 86 valence electrons. The number of aryl methyl sites for hydroxylation is 1. The molecule has 1 aromatic carbocycles. The normalized spacial score (nSPS) is 10.4. The third kappa shape index (κ3) is 1.54. The van der Waals surface area contributed by atoms with Crippen molar-refractivity contribution in [3.63, 3.8) is 0 Å². The molecule has 0 radical (unpaired) electrons. The van der Waals surface area contributed by atoms with Gasteiger partial charge in [-0.05, 0) is 18.2 Å². The van der Waals surface area contributed by atoms with Crippen molar-refractivity contribution in [2.24, 2.45) is 7.05 Å². The molecule has 4 heteroatoms. The van der Waals surface area contributed by atoms with Crippen molar-refractivity contribution in [2.75, 3.05) is 0 Å². The third-order valence-corrected chi connectivity index (χ3v) is 2.93. The van der Waals surface area contributed by atoms with E-state index in [4.69, 9.17) is 5.26 Å². The van der Waals surface area contributed by atoms with Crippen LogP contribution in [0.5, 0.6) is 0 Å². The summed E-state index contributed by atoms with van der Waals surface area (Å²) in [6.07, 6.45) is 3.62. The second kappa shape index (κ2) is 3.97. The van der Waals surface area contributed by atoms with Gasteiger partial charge in [-0.1, -0.05) is 12.1 Å². The number of fused-ring (bicyclic) bond motifs is 1. The van der Waals surface area contributed by atoms with Gasteiger partial charge in [-0.3, -0.25) is 0 Å². The molecule has 0 atom stereocenters. The summed E-state index contributed by atoms with van der Waals surface area (Å²) in [5.41, 5.74) is 2.81. The number of pyridine rings is 1. The van der Waals surface area contributed by atoms with Crippen molar-refractivity contribution in [2.45, 2.75) is 0 Å². The van der Waals surface area contributed by atoms with E-state index in [0.717, 1.165) is 16.9 Å². The first-order valence-electron chi connectivity index (χ1n) is 5.62. The van der Waals surface area contributed by atoms with Crippen LogP contribution in [-0.2, 0) is 7.05 Å². The van der Waals surface area contributed by atoms with Crippen molar-refractivity contribution in [1.82, 2.24) is 9.55 Å². The molecule has 0 aliphatic rings. The smallest absolute Gasteiger partial charge is 0.232 e. The predicted octanol–water partition coefficient (Wildman–Crippen LogP) is 1.72. The van der Waals surface area contributed by atoms with Crippen LogP contribution in [-0.4, -0.2) is 9.55 Å². The zero-order valence-corrected chi connectivity index (χ0v) is 9.91. The molecule has 0 bridgehead atoms. The predicted molar refractivity (Wildman–Crippen MR) is 67.0 cm³/mol. The van der Waals surface area contributed by atoms with E-state index in [1.807, 2.05) is 40.7 Å². The summed E-state index contributed by atoms with van der Waals surface area (Å²) in [4.78, 5) is 4.32. The minimum absolute atomic E-state index is 0.612. The Balaban J connectivity index is 2.29. The first-order valence-corrected chi connectivity index (χ1v) is 5.62. The van der Waals surface area contributed by atoms with Gasteiger partial charge in [0.05, 0.1) is 18.7 Å². The minimum atomic E-state index is 0.612. The van der Waals surface area contributed by atoms with Gasteiger partial charge in [-0.25, -0.2) is 9.55 Å². The molecular formula is C14H11N4+. The molecule has 3 rings (SSSR count). The maximum atomic E-state index is 8.94. The molecule has 2 heterocycles. The van der Waals surface area contributed by atoms with Crippen LogP contribution >= 0.6 is 0 Å². The lowest BCUT2D eigenvalue weighted by molar-refractivity contribution is -0.645. The van der Waals surface area contributed by atoms with Crippen LogP contribution in [0.4, 0.5) is 0 Å². The number of aromatic nitrogens is 3. The van der Waals surface area contributed by atoms with Crippen LogP contribution in [0.25, 0.3) is 16.9 Å². The van der Waals surface area contributed by atoms with Gasteiger partial charge in [0.1, 0.15) is 0 Å². The monoisotopic (exact) mass is 235 g/mol. The summed E-state index contributed by atoms with van der Waals surface area (Å²) < 4.78 is 4.02. The molecule has 2 aromatic heterocycles. The Morgan fingerprint density at radius 3 is 2.94 bits per heavy atom. The molecule has 0 spiro atoms. The van der Waals surface area contributed by atoms with E-state index in [2.05, 4.69) is 17.1 Å². The van der Waals surface area contributed by atoms with Crippen LogP contribution in [0.3, 0.4) is 0 Å². The van der Waals surface area contributed by atoms with Gasteiger partial charge in [0.15, 0.2) is 11.0 Å². The second-order valence-corrected chi connectivity index (χ2v) is 4.10. The van der Waals surface area contributed by atoms with E-state index in [-0.39, 0.29) is 0 Å². The summed E-state index contributed by atoms with van der Waals surface area (Å²) >= 11 is 0. The van der Waals surface area contributed by atoms with Gasteiger partial charge >= 0.3 is 0 Å². The Labute approximate surface area is 104 Å². The van der Waals surface area contributed by atoms with E-state index in [1.165, 1.54) is 0 Å². The highest BCUT2D eigenvalue weighted by Crippen LogP contribution is 2.15. The lowest BCUT2D eigenvalue weighted by Gasteiger charge is -1.95. The van der Waals surface area contributed by atoms with Crippen molar-refractivity contribution in [1.29, 1.82) is 5.26 Å². The van der Waals surface area contributed by atoms with Gasteiger partial charge in [0.2, 0.25) is 5.82 Å². The molecule has 0 saturated carbocycles. The number of nitrogens with zero attached hydrogens (tertiary/aromatic N) is 4. The number of hydrogen-bond donors (Lipinski definition) is 0. The molecule has 0 saturated heterocycles. The van der Waals surface area contributed by atoms with Crippen LogP contribution in [0, 0.1) is 11.3 Å². The number of benzene rings is 1. The molecule has 0 amide bonds. The Hall–Kier alpha value is -2.67. The van der Waals surface area contributed by atoms with Crippen molar-refractivity contribution in [3.05, 3.63) is 54.5 Å². The summed E-state index contributed by atoms with van der Waals surface area (Å²) in [5.74, 6) is 0.755. The van der Waals surface area contributed by atoms with Gasteiger partial charge in [-0.15, -0.1) is 0 Å². The van der Waals surface area contributed by atoms with Crippen molar-refractivity contribution in [3.8, 4) is 11.9 Å². The lowest BCUT2D eigenvalue weighted by Crippen LogP contribution is -2.25. The molecule has 0 fully saturated rings. The zero-order chi connectivity index (χ0) is 12.5. The van der Waals surface area contributed by atoms with E-state index in [1.54, 1.807) is 18.3 Å². The molecule has 0 N–H and O–H groups in total. The van der Waals surface area contributed by atoms with E-state index in [9.17, 15) is 0 Å². The molecule has 0 unspecified atom stereocenters. The van der Waals surface area contributed by atoms with Crippen LogP contribution in [0.2, 0.25) is 0 Å². The maximum Gasteiger partial charge on any atom is 0.251 e. The summed E-state index contributed by atoms with van der Waals surface area (Å²) in [7, 11) is 1.99. The largest absolute Gasteiger partial charge is 0.251 e. The fourth-order valence-corrected chi connectivity index (χ4v) is 2.07. The summed E-state index contributed by atoms with van der Waals surface area (Å²) in [6, 6.07) is 13.7. The lowest BCUT2D eigenvalue weighted by atomic mass is 10.3. The first kappa shape index (κ1) is 10.5. The quantitative estimate of drug-likeness (QED) is 0.603. The standard InChI is InChI=1S/C14H11N4/c1-17-10-18(13-5-3-2-4-12(13)17)14-8-11(9-15)6-7-16-14/h2-8,10H,1H3/q+1. The summed E-state index contributed by atoms with van der Waals surface area (Å²) in [6.45, 7) is 0. The number of nitriles is 1. The van der Waals surface area contributed by atoms with E-state index < -0.39 is 0 Å². The highest BCUT2D eigenvalue weighted by atomic mass is 15.2. The number of rotatable bonds is 1. The van der Waals surface area contributed by atoms with Crippen LogP contribution in [0.1, 0.15) is 5.56 Å². The van der Waals surface area contributed by atoms with Gasteiger partial charge in [0, 0.05) is 12.3 Å². The molecule has 18 heavy (non-hydrogen) atoms. The topological polar surface area (TPSA) is 45.5 Å². The Kier molecular flexibility index (Phi) is 2.31. The third-order valence-electron chi connectivity index (χ3n) is 2.93. The number of hydrogen-bond acceptors (Lipinski definition) is 2. The van der Waals surface area contributed by atoms with Crippen LogP contribution in [0.15, 0.2) is 48.9 Å². The fraction of sp³-hybridized carbons (Fsp3) is 0.0714. The molecule has 0 aliphatic carbocycles. The minimum Gasteiger partial charge on any atom is -0.232 e. The van der Waals surface area contributed by atoms with Crippen molar-refractivity contribution >= 4 is 11.0 Å². The Morgan fingerprint density at radius 2 is 2.11 bits per heavy atom. The summed E-state index contributed by atoms with van der Waals surface area (Å²) in [5, 5.41) is 8.94. The van der Waals surface area contributed by atoms with Gasteiger partial charge < -0.3 is 0 Å². The molecule has 4 nitrogen and oxygen atoms in total. The van der Waals surface area contributed by atoms with Crippen molar-refractivity contribution < 1.29 is 4.57 Å². The van der Waals surface area contributed by atoms with Gasteiger partial charge in [-0.2, -0.15) is 9.83 Å². The SMILES string of the molecule is C[n+]1cn(-c2cc(C#N)ccn2)c2ccccc21. The first-order chi connectivity index (χ1) is 8.79. The van der Waals surface area contributed by atoms with E-state index in [0.29, 0.717) is 5.56 Å². The van der Waals surface area contributed by atoms with E-state index >= 15 is 0 Å². The highest BCUT2D eigenvalue weighted by molar-refractivity contribution is 5.73. The number of imidazole rings is 1. The molecule has 0 aliphatic heterocycles. The molecule has 3 aromatic rings. The van der Waals surface area contributed by atoms with Gasteiger partial charge in [0.25, 0.3) is 6.33 Å². The Morgan fingerprint density at radius 1 is 1.28 bits per heavy atom. The highest BCUT2D eigenvalue weighted by Gasteiger charge is 2.15. The second-order valence-electron chi connectivity index (χ2n) is 4.10.